The number of aliphatic hydroxyl groups excluding tert-OH is 1. The van der Waals surface area contributed by atoms with Gasteiger partial charge in [-0.05, 0) is 49.9 Å². The van der Waals surface area contributed by atoms with Gasteiger partial charge in [-0.1, -0.05) is 34.6 Å². The van der Waals surface area contributed by atoms with Crippen LogP contribution in [0.1, 0.15) is 73.1 Å². The molecule has 2 N–H and O–H groups in total. The molecule has 2 saturated carbocycles. The summed E-state index contributed by atoms with van der Waals surface area (Å²) in [6.45, 7) is 11.6. The predicted molar refractivity (Wildman–Crippen MR) is 87.4 cm³/mol. The molecule has 0 spiro atoms. The molecule has 2 aliphatic carbocycles. The lowest BCUT2D eigenvalue weighted by atomic mass is 9.71. The average molecular weight is 297 g/mol. The molecule has 2 rings (SSSR count). The first-order valence-electron chi connectivity index (χ1n) is 8.78. The second-order valence-corrected chi connectivity index (χ2v) is 8.77. The number of hydrogen-bond donors (Lipinski definition) is 2. The summed E-state index contributed by atoms with van der Waals surface area (Å²) in [4.78, 5) is 0. The van der Waals surface area contributed by atoms with Crippen LogP contribution in [0.2, 0.25) is 0 Å². The third-order valence-electron chi connectivity index (χ3n) is 5.19. The number of nitrogens with one attached hydrogen (secondary N) is 1. The van der Waals surface area contributed by atoms with Gasteiger partial charge in [0.15, 0.2) is 0 Å². The Hall–Kier alpha value is -0.120. The van der Waals surface area contributed by atoms with Crippen molar-refractivity contribution in [1.29, 1.82) is 0 Å². The zero-order valence-electron chi connectivity index (χ0n) is 14.6. The summed E-state index contributed by atoms with van der Waals surface area (Å²) in [7, 11) is 0. The van der Waals surface area contributed by atoms with Crippen LogP contribution in [0.5, 0.6) is 0 Å². The Balaban J connectivity index is 1.90. The minimum absolute atomic E-state index is 0.116. The lowest BCUT2D eigenvalue weighted by Crippen LogP contribution is -2.50. The highest BCUT2D eigenvalue weighted by atomic mass is 16.5. The van der Waals surface area contributed by atoms with Gasteiger partial charge in [-0.2, -0.15) is 0 Å². The van der Waals surface area contributed by atoms with Crippen molar-refractivity contribution in [3.63, 3.8) is 0 Å². The molecular weight excluding hydrogens is 262 g/mol. The highest BCUT2D eigenvalue weighted by Gasteiger charge is 2.41. The fourth-order valence-corrected chi connectivity index (χ4v) is 4.76. The van der Waals surface area contributed by atoms with Gasteiger partial charge in [0.1, 0.15) is 0 Å². The van der Waals surface area contributed by atoms with Gasteiger partial charge in [-0.3, -0.25) is 0 Å². The third-order valence-corrected chi connectivity index (χ3v) is 5.19. The Morgan fingerprint density at radius 3 is 2.48 bits per heavy atom. The molecule has 124 valence electrons. The minimum atomic E-state index is -0.116. The predicted octanol–water partition coefficient (Wildman–Crippen LogP) is 3.50. The summed E-state index contributed by atoms with van der Waals surface area (Å²) in [6, 6.07) is 0.407. The molecule has 4 atom stereocenters. The quantitative estimate of drug-likeness (QED) is 0.816. The molecule has 3 heteroatoms. The van der Waals surface area contributed by atoms with E-state index in [9.17, 15) is 5.11 Å². The van der Waals surface area contributed by atoms with Gasteiger partial charge in [-0.15, -0.1) is 0 Å². The molecule has 0 aliphatic heterocycles. The van der Waals surface area contributed by atoms with Crippen LogP contribution in [0.4, 0.5) is 0 Å². The Morgan fingerprint density at radius 2 is 1.90 bits per heavy atom. The van der Waals surface area contributed by atoms with Crippen molar-refractivity contribution >= 4 is 0 Å². The molecular formula is C18H35NO2. The van der Waals surface area contributed by atoms with Crippen LogP contribution in [0, 0.1) is 11.3 Å². The molecule has 0 saturated heterocycles. The van der Waals surface area contributed by atoms with E-state index in [1.54, 1.807) is 0 Å². The second kappa shape index (κ2) is 6.55. The van der Waals surface area contributed by atoms with Gasteiger partial charge < -0.3 is 15.2 Å². The fourth-order valence-electron chi connectivity index (χ4n) is 4.76. The van der Waals surface area contributed by atoms with Crippen LogP contribution < -0.4 is 5.32 Å². The lowest BCUT2D eigenvalue weighted by Gasteiger charge is -2.40. The van der Waals surface area contributed by atoms with Crippen molar-refractivity contribution in [3.8, 4) is 0 Å². The molecule has 0 aromatic rings. The van der Waals surface area contributed by atoms with Gasteiger partial charge >= 0.3 is 0 Å². The van der Waals surface area contributed by atoms with Crippen LogP contribution in [0.25, 0.3) is 0 Å². The van der Waals surface area contributed by atoms with Gasteiger partial charge in [0.25, 0.3) is 0 Å². The Morgan fingerprint density at radius 1 is 1.19 bits per heavy atom. The van der Waals surface area contributed by atoms with Crippen molar-refractivity contribution < 1.29 is 9.84 Å². The monoisotopic (exact) mass is 297 g/mol. The zero-order chi connectivity index (χ0) is 15.7. The summed E-state index contributed by atoms with van der Waals surface area (Å²) in [5.74, 6) is 0.761. The van der Waals surface area contributed by atoms with Crippen LogP contribution in [0.3, 0.4) is 0 Å². The van der Waals surface area contributed by atoms with Crippen molar-refractivity contribution in [3.05, 3.63) is 0 Å². The smallest absolute Gasteiger partial charge is 0.0614 e. The summed E-state index contributed by atoms with van der Waals surface area (Å²) < 4.78 is 6.45. The second-order valence-electron chi connectivity index (χ2n) is 8.77. The summed E-state index contributed by atoms with van der Waals surface area (Å²) in [6.07, 6.45) is 7.46. The van der Waals surface area contributed by atoms with E-state index in [0.29, 0.717) is 23.7 Å². The molecule has 2 aliphatic rings. The third kappa shape index (κ3) is 4.67. The molecule has 0 bridgehead atoms. The summed E-state index contributed by atoms with van der Waals surface area (Å²) in [5, 5.41) is 13.4. The number of ether oxygens (including phenoxy) is 1. The molecule has 0 aromatic heterocycles. The van der Waals surface area contributed by atoms with E-state index < -0.39 is 0 Å². The first-order valence-corrected chi connectivity index (χ1v) is 8.78. The Kier molecular flexibility index (Phi) is 5.38. The van der Waals surface area contributed by atoms with E-state index in [4.69, 9.17) is 4.74 Å². The molecule has 21 heavy (non-hydrogen) atoms. The Labute approximate surface area is 130 Å². The number of hydrogen-bond acceptors (Lipinski definition) is 3. The van der Waals surface area contributed by atoms with Crippen LogP contribution in [-0.2, 0) is 4.74 Å². The summed E-state index contributed by atoms with van der Waals surface area (Å²) >= 11 is 0. The van der Waals surface area contributed by atoms with E-state index in [1.165, 1.54) is 19.3 Å². The fraction of sp³-hybridized carbons (Fsp3) is 1.00. The van der Waals surface area contributed by atoms with Crippen LogP contribution >= 0.6 is 0 Å². The molecule has 4 unspecified atom stereocenters. The van der Waals surface area contributed by atoms with Crippen molar-refractivity contribution in [2.75, 3.05) is 6.61 Å². The maximum atomic E-state index is 9.80. The van der Waals surface area contributed by atoms with Crippen molar-refractivity contribution in [2.24, 2.45) is 11.3 Å². The van der Waals surface area contributed by atoms with Crippen molar-refractivity contribution in [2.45, 2.75) is 96.9 Å². The molecule has 0 aromatic carbocycles. The number of aliphatic hydroxyl groups is 1. The van der Waals surface area contributed by atoms with E-state index in [2.05, 4.69) is 39.9 Å². The topological polar surface area (TPSA) is 41.5 Å². The first kappa shape index (κ1) is 17.2. The van der Waals surface area contributed by atoms with E-state index in [-0.39, 0.29) is 12.1 Å². The maximum absolute atomic E-state index is 9.80. The van der Waals surface area contributed by atoms with Crippen LogP contribution in [-0.4, -0.2) is 35.5 Å². The molecule has 0 radical (unpaired) electrons. The molecule has 0 amide bonds. The SMILES string of the molecule is CC1CC(OC2CCC(CO)(NC(C)C)C2)CC(C)(C)C1. The average Bonchev–Trinajstić information content (AvgIpc) is 2.69. The largest absolute Gasteiger partial charge is 0.394 e. The van der Waals surface area contributed by atoms with Gasteiger partial charge in [-0.25, -0.2) is 0 Å². The van der Waals surface area contributed by atoms with E-state index >= 15 is 0 Å². The minimum Gasteiger partial charge on any atom is -0.394 e. The van der Waals surface area contributed by atoms with Gasteiger partial charge in [0.2, 0.25) is 0 Å². The Bertz CT molecular complexity index is 342. The van der Waals surface area contributed by atoms with Gasteiger partial charge in [0, 0.05) is 11.6 Å². The standard InChI is InChI=1S/C18H35NO2/c1-13(2)19-18(12-20)7-6-15(11-18)21-16-8-14(3)9-17(4,5)10-16/h13-16,19-20H,6-12H2,1-5H3. The first-order chi connectivity index (χ1) is 9.73. The molecule has 3 nitrogen and oxygen atoms in total. The maximum Gasteiger partial charge on any atom is 0.0614 e. The molecule has 0 heterocycles. The van der Waals surface area contributed by atoms with E-state index in [0.717, 1.165) is 25.2 Å². The molecule has 2 fully saturated rings. The highest BCUT2D eigenvalue weighted by molar-refractivity contribution is 4.98. The summed E-state index contributed by atoms with van der Waals surface area (Å²) in [5.41, 5.74) is 0.291. The van der Waals surface area contributed by atoms with Crippen LogP contribution in [0.15, 0.2) is 0 Å². The lowest BCUT2D eigenvalue weighted by molar-refractivity contribution is -0.0657. The van der Waals surface area contributed by atoms with Gasteiger partial charge in [0.05, 0.1) is 18.8 Å². The van der Waals surface area contributed by atoms with Crippen molar-refractivity contribution in [1.82, 2.24) is 5.32 Å². The highest BCUT2D eigenvalue weighted by Crippen LogP contribution is 2.42. The van der Waals surface area contributed by atoms with E-state index in [1.807, 2.05) is 0 Å². The normalized spacial score (nSPS) is 39.9. The number of rotatable bonds is 5. The zero-order valence-corrected chi connectivity index (χ0v) is 14.6.